The first kappa shape index (κ1) is 12.6. The Morgan fingerprint density at radius 3 is 2.81 bits per heavy atom. The molecule has 16 heavy (non-hydrogen) atoms. The van der Waals surface area contributed by atoms with Gasteiger partial charge in [-0.3, -0.25) is 4.79 Å². The third kappa shape index (κ3) is 4.40. The summed E-state index contributed by atoms with van der Waals surface area (Å²) in [5.41, 5.74) is 0.513. The van der Waals surface area contributed by atoms with Crippen LogP contribution >= 0.6 is 0 Å². The summed E-state index contributed by atoms with van der Waals surface area (Å²) in [5.74, 6) is -0.348. The van der Waals surface area contributed by atoms with Crippen LogP contribution < -0.4 is 10.6 Å². The molecule has 3 nitrogen and oxygen atoms in total. The van der Waals surface area contributed by atoms with Crippen molar-refractivity contribution in [3.63, 3.8) is 0 Å². The summed E-state index contributed by atoms with van der Waals surface area (Å²) < 4.78 is 13.2. The molecule has 1 rings (SSSR count). The fourth-order valence-corrected chi connectivity index (χ4v) is 1.30. The summed E-state index contributed by atoms with van der Waals surface area (Å²) in [4.78, 5) is 11.3. The zero-order chi connectivity index (χ0) is 11.8. The van der Waals surface area contributed by atoms with E-state index >= 15 is 0 Å². The molecule has 0 aliphatic rings. The average molecular weight is 224 g/mol. The molecular formula is C12H17FN2O. The summed E-state index contributed by atoms with van der Waals surface area (Å²) in [5, 5.41) is 5.73. The lowest BCUT2D eigenvalue weighted by Gasteiger charge is -2.06. The highest BCUT2D eigenvalue weighted by Gasteiger charge is 2.03. The molecule has 0 radical (unpaired) electrons. The van der Waals surface area contributed by atoms with Crippen LogP contribution in [0.25, 0.3) is 0 Å². The highest BCUT2D eigenvalue weighted by molar-refractivity contribution is 5.76. The Morgan fingerprint density at radius 1 is 1.38 bits per heavy atom. The Morgan fingerprint density at radius 2 is 2.12 bits per heavy atom. The summed E-state index contributed by atoms with van der Waals surface area (Å²) in [7, 11) is 0. The van der Waals surface area contributed by atoms with Crippen molar-refractivity contribution in [3.05, 3.63) is 35.6 Å². The Bertz CT molecular complexity index is 342. The molecule has 0 saturated carbocycles. The second kappa shape index (κ2) is 6.95. The van der Waals surface area contributed by atoms with Crippen molar-refractivity contribution in [2.24, 2.45) is 0 Å². The van der Waals surface area contributed by atoms with E-state index in [4.69, 9.17) is 0 Å². The van der Waals surface area contributed by atoms with Gasteiger partial charge in [-0.25, -0.2) is 4.39 Å². The average Bonchev–Trinajstić information content (AvgIpc) is 2.28. The second-order valence-electron chi connectivity index (χ2n) is 3.47. The minimum Gasteiger partial charge on any atom is -0.352 e. The van der Waals surface area contributed by atoms with Crippen LogP contribution in [0.5, 0.6) is 0 Å². The molecule has 0 aliphatic heterocycles. The molecule has 0 bridgehead atoms. The van der Waals surface area contributed by atoms with Gasteiger partial charge < -0.3 is 10.6 Å². The molecule has 88 valence electrons. The first-order valence-corrected chi connectivity index (χ1v) is 5.45. The van der Waals surface area contributed by atoms with Gasteiger partial charge in [0.05, 0.1) is 0 Å². The molecule has 0 aromatic heterocycles. The number of amides is 1. The van der Waals surface area contributed by atoms with Gasteiger partial charge in [0.25, 0.3) is 0 Å². The maximum Gasteiger partial charge on any atom is 0.221 e. The SMILES string of the molecule is CCNCCC(=O)NCc1ccccc1F. The summed E-state index contributed by atoms with van der Waals surface area (Å²) in [6.07, 6.45) is 0.419. The van der Waals surface area contributed by atoms with Crippen molar-refractivity contribution >= 4 is 5.91 Å². The lowest BCUT2D eigenvalue weighted by molar-refractivity contribution is -0.121. The van der Waals surface area contributed by atoms with Gasteiger partial charge in [0.1, 0.15) is 5.82 Å². The number of halogens is 1. The van der Waals surface area contributed by atoms with Crippen LogP contribution in [0.1, 0.15) is 18.9 Å². The van der Waals surface area contributed by atoms with Crippen molar-refractivity contribution in [1.82, 2.24) is 10.6 Å². The highest BCUT2D eigenvalue weighted by atomic mass is 19.1. The zero-order valence-corrected chi connectivity index (χ0v) is 9.42. The number of hydrogen-bond donors (Lipinski definition) is 2. The standard InChI is InChI=1S/C12H17FN2O/c1-2-14-8-7-12(16)15-9-10-5-3-4-6-11(10)13/h3-6,14H,2,7-9H2,1H3,(H,15,16). The second-order valence-corrected chi connectivity index (χ2v) is 3.47. The zero-order valence-electron chi connectivity index (χ0n) is 9.42. The summed E-state index contributed by atoms with van der Waals surface area (Å²) in [6, 6.07) is 6.44. The molecular weight excluding hydrogens is 207 g/mol. The fourth-order valence-electron chi connectivity index (χ4n) is 1.30. The van der Waals surface area contributed by atoms with E-state index in [-0.39, 0.29) is 18.3 Å². The van der Waals surface area contributed by atoms with E-state index in [2.05, 4.69) is 10.6 Å². The van der Waals surface area contributed by atoms with Gasteiger partial charge in [0.2, 0.25) is 5.91 Å². The van der Waals surface area contributed by atoms with Crippen molar-refractivity contribution < 1.29 is 9.18 Å². The molecule has 0 spiro atoms. The molecule has 0 atom stereocenters. The fraction of sp³-hybridized carbons (Fsp3) is 0.417. The van der Waals surface area contributed by atoms with Gasteiger partial charge >= 0.3 is 0 Å². The van der Waals surface area contributed by atoms with Gasteiger partial charge in [0.15, 0.2) is 0 Å². The molecule has 1 amide bonds. The highest BCUT2D eigenvalue weighted by Crippen LogP contribution is 2.05. The van der Waals surface area contributed by atoms with E-state index < -0.39 is 0 Å². The van der Waals surface area contributed by atoms with Crippen LogP contribution in [0, 0.1) is 5.82 Å². The smallest absolute Gasteiger partial charge is 0.221 e. The first-order valence-electron chi connectivity index (χ1n) is 5.45. The van der Waals surface area contributed by atoms with Crippen molar-refractivity contribution in [1.29, 1.82) is 0 Å². The first-order chi connectivity index (χ1) is 7.74. The van der Waals surface area contributed by atoms with Crippen LogP contribution in [-0.2, 0) is 11.3 Å². The predicted molar refractivity (Wildman–Crippen MR) is 61.4 cm³/mol. The molecule has 0 aliphatic carbocycles. The van der Waals surface area contributed by atoms with E-state index in [1.807, 2.05) is 6.92 Å². The van der Waals surface area contributed by atoms with E-state index in [1.165, 1.54) is 6.07 Å². The number of hydrogen-bond acceptors (Lipinski definition) is 2. The Labute approximate surface area is 95.0 Å². The quantitative estimate of drug-likeness (QED) is 0.718. The normalized spacial score (nSPS) is 10.1. The summed E-state index contributed by atoms with van der Waals surface area (Å²) in [6.45, 7) is 3.73. The molecule has 0 heterocycles. The van der Waals surface area contributed by atoms with E-state index in [0.29, 0.717) is 18.5 Å². The van der Waals surface area contributed by atoms with E-state index in [1.54, 1.807) is 18.2 Å². The van der Waals surface area contributed by atoms with Crippen LogP contribution in [0.4, 0.5) is 4.39 Å². The van der Waals surface area contributed by atoms with Crippen LogP contribution in [0.2, 0.25) is 0 Å². The molecule has 0 unspecified atom stereocenters. The molecule has 2 N–H and O–H groups in total. The van der Waals surface area contributed by atoms with Crippen LogP contribution in [-0.4, -0.2) is 19.0 Å². The molecule has 4 heteroatoms. The topological polar surface area (TPSA) is 41.1 Å². The van der Waals surface area contributed by atoms with E-state index in [0.717, 1.165) is 6.54 Å². The maximum atomic E-state index is 13.2. The molecule has 1 aromatic carbocycles. The van der Waals surface area contributed by atoms with Gasteiger partial charge in [0, 0.05) is 25.1 Å². The van der Waals surface area contributed by atoms with E-state index in [9.17, 15) is 9.18 Å². The van der Waals surface area contributed by atoms with Crippen molar-refractivity contribution in [2.45, 2.75) is 19.9 Å². The Balaban J connectivity index is 2.29. The number of carbonyl (C=O) groups excluding carboxylic acids is 1. The number of rotatable bonds is 6. The minimum atomic E-state index is -0.283. The lowest BCUT2D eigenvalue weighted by atomic mass is 10.2. The van der Waals surface area contributed by atoms with Crippen molar-refractivity contribution in [2.75, 3.05) is 13.1 Å². The van der Waals surface area contributed by atoms with Gasteiger partial charge in [-0.15, -0.1) is 0 Å². The third-order valence-electron chi connectivity index (χ3n) is 2.21. The van der Waals surface area contributed by atoms with Gasteiger partial charge in [-0.1, -0.05) is 25.1 Å². The minimum absolute atomic E-state index is 0.0656. The Hall–Kier alpha value is -1.42. The Kier molecular flexibility index (Phi) is 5.50. The predicted octanol–water partition coefficient (Wildman–Crippen LogP) is 1.44. The third-order valence-corrected chi connectivity index (χ3v) is 2.21. The van der Waals surface area contributed by atoms with Gasteiger partial charge in [-0.05, 0) is 12.6 Å². The monoisotopic (exact) mass is 224 g/mol. The molecule has 0 saturated heterocycles. The lowest BCUT2D eigenvalue weighted by Crippen LogP contribution is -2.27. The maximum absolute atomic E-state index is 13.2. The number of benzene rings is 1. The largest absolute Gasteiger partial charge is 0.352 e. The van der Waals surface area contributed by atoms with Gasteiger partial charge in [-0.2, -0.15) is 0 Å². The van der Waals surface area contributed by atoms with Crippen molar-refractivity contribution in [3.8, 4) is 0 Å². The summed E-state index contributed by atoms with van der Waals surface area (Å²) >= 11 is 0. The number of nitrogens with one attached hydrogen (secondary N) is 2. The van der Waals surface area contributed by atoms with Crippen LogP contribution in [0.15, 0.2) is 24.3 Å². The number of carbonyl (C=O) groups is 1. The molecule has 1 aromatic rings. The molecule has 0 fully saturated rings. The van der Waals surface area contributed by atoms with Crippen LogP contribution in [0.3, 0.4) is 0 Å².